The van der Waals surface area contributed by atoms with Crippen LogP contribution in [0.1, 0.15) is 31.2 Å². The van der Waals surface area contributed by atoms with Crippen molar-refractivity contribution < 1.29 is 17.9 Å². The second-order valence-corrected chi connectivity index (χ2v) is 11.5. The molecule has 2 fully saturated rings. The summed E-state index contributed by atoms with van der Waals surface area (Å²) in [7, 11) is -3.42. The van der Waals surface area contributed by atoms with Gasteiger partial charge in [0.05, 0.1) is 6.61 Å². The van der Waals surface area contributed by atoms with Crippen LogP contribution >= 0.6 is 11.3 Å². The highest BCUT2D eigenvalue weighted by Crippen LogP contribution is 2.28. The Balaban J connectivity index is 1.19. The van der Waals surface area contributed by atoms with Gasteiger partial charge in [0.15, 0.2) is 0 Å². The molecule has 0 N–H and O–H groups in total. The minimum atomic E-state index is -3.42. The van der Waals surface area contributed by atoms with E-state index in [4.69, 9.17) is 4.74 Å². The van der Waals surface area contributed by atoms with E-state index in [1.165, 1.54) is 21.2 Å². The zero-order chi connectivity index (χ0) is 21.7. The molecule has 0 unspecified atom stereocenters. The van der Waals surface area contributed by atoms with E-state index < -0.39 is 10.0 Å². The molecule has 0 spiro atoms. The number of rotatable bonds is 7. The number of ether oxygens (including phenoxy) is 1. The highest BCUT2D eigenvalue weighted by molar-refractivity contribution is 7.91. The molecule has 1 aromatic carbocycles. The summed E-state index contributed by atoms with van der Waals surface area (Å²) in [6, 6.07) is 13.6. The molecule has 0 radical (unpaired) electrons. The first-order valence-electron chi connectivity index (χ1n) is 11.0. The number of thiophene rings is 1. The number of nitrogens with zero attached hydrogens (tertiary/aromatic N) is 2. The lowest BCUT2D eigenvalue weighted by Gasteiger charge is -2.36. The maximum atomic E-state index is 13.0. The Morgan fingerprint density at radius 2 is 1.68 bits per heavy atom. The predicted octanol–water partition coefficient (Wildman–Crippen LogP) is 3.60. The Bertz CT molecular complexity index is 931. The number of sulfonamides is 1. The molecule has 0 aliphatic carbocycles. The van der Waals surface area contributed by atoms with Crippen molar-refractivity contribution in [2.75, 3.05) is 32.8 Å². The largest absolute Gasteiger partial charge is 0.376 e. The van der Waals surface area contributed by atoms with Gasteiger partial charge in [-0.05, 0) is 48.6 Å². The van der Waals surface area contributed by atoms with Gasteiger partial charge in [-0.15, -0.1) is 11.3 Å². The Hall–Kier alpha value is -1.74. The van der Waals surface area contributed by atoms with Crippen LogP contribution < -0.4 is 0 Å². The third kappa shape index (κ3) is 5.55. The zero-order valence-electron chi connectivity index (χ0n) is 17.7. The van der Waals surface area contributed by atoms with Crippen molar-refractivity contribution in [1.82, 2.24) is 9.21 Å². The molecule has 31 heavy (non-hydrogen) atoms. The lowest BCUT2D eigenvalue weighted by Crippen LogP contribution is -2.46. The lowest BCUT2D eigenvalue weighted by atomic mass is 9.93. The van der Waals surface area contributed by atoms with E-state index >= 15 is 0 Å². The van der Waals surface area contributed by atoms with Gasteiger partial charge in [0.25, 0.3) is 10.0 Å². The average molecular weight is 463 g/mol. The molecule has 168 valence electrons. The molecular formula is C23H30N2O4S2. The summed E-state index contributed by atoms with van der Waals surface area (Å²) in [4.78, 5) is 14.9. The van der Waals surface area contributed by atoms with Crippen LogP contribution in [0.5, 0.6) is 0 Å². The lowest BCUT2D eigenvalue weighted by molar-refractivity contribution is -0.138. The number of benzene rings is 1. The van der Waals surface area contributed by atoms with Gasteiger partial charge in [-0.25, -0.2) is 8.42 Å². The van der Waals surface area contributed by atoms with Crippen LogP contribution in [0.4, 0.5) is 0 Å². The molecular weight excluding hydrogens is 432 g/mol. The minimum Gasteiger partial charge on any atom is -0.376 e. The number of carbonyl (C=O) groups excluding carboxylic acids is 1. The van der Waals surface area contributed by atoms with E-state index in [0.717, 1.165) is 32.5 Å². The quantitative estimate of drug-likeness (QED) is 0.631. The van der Waals surface area contributed by atoms with Crippen molar-refractivity contribution in [3.63, 3.8) is 0 Å². The molecule has 8 heteroatoms. The van der Waals surface area contributed by atoms with Gasteiger partial charge >= 0.3 is 0 Å². The smallest absolute Gasteiger partial charge is 0.252 e. The average Bonchev–Trinajstić information content (AvgIpc) is 3.36. The fourth-order valence-electron chi connectivity index (χ4n) is 4.38. The van der Waals surface area contributed by atoms with Crippen LogP contribution in [0.3, 0.4) is 0 Å². The zero-order valence-corrected chi connectivity index (χ0v) is 19.3. The summed E-state index contributed by atoms with van der Waals surface area (Å²) >= 11 is 1.24. The van der Waals surface area contributed by atoms with E-state index in [1.54, 1.807) is 17.5 Å². The number of hydrogen-bond acceptors (Lipinski definition) is 5. The Labute approximate surface area is 188 Å². The topological polar surface area (TPSA) is 66.9 Å². The highest BCUT2D eigenvalue weighted by atomic mass is 32.2. The van der Waals surface area contributed by atoms with Crippen LogP contribution in [-0.2, 0) is 26.2 Å². The number of likely N-dealkylation sites (tertiary alicyclic amines) is 1. The molecule has 2 saturated heterocycles. The van der Waals surface area contributed by atoms with Crippen molar-refractivity contribution in [3.05, 3.63) is 53.4 Å². The Morgan fingerprint density at radius 3 is 2.32 bits per heavy atom. The third-order valence-corrected chi connectivity index (χ3v) is 9.56. The number of amides is 1. The second kappa shape index (κ2) is 10.3. The fraction of sp³-hybridized carbons (Fsp3) is 0.522. The summed E-state index contributed by atoms with van der Waals surface area (Å²) in [5.74, 6) is 0.614. The van der Waals surface area contributed by atoms with E-state index in [2.05, 4.69) is 12.1 Å². The second-order valence-electron chi connectivity index (χ2n) is 8.38. The summed E-state index contributed by atoms with van der Waals surface area (Å²) < 4.78 is 33.1. The highest BCUT2D eigenvalue weighted by Gasteiger charge is 2.35. The molecule has 3 heterocycles. The molecule has 2 aliphatic rings. The Kier molecular flexibility index (Phi) is 7.43. The van der Waals surface area contributed by atoms with E-state index in [1.807, 2.05) is 23.1 Å². The van der Waals surface area contributed by atoms with Gasteiger partial charge in [-0.1, -0.05) is 36.4 Å². The molecule has 2 aromatic rings. The van der Waals surface area contributed by atoms with Crippen molar-refractivity contribution in [1.29, 1.82) is 0 Å². The molecule has 1 amide bonds. The van der Waals surface area contributed by atoms with Crippen molar-refractivity contribution in [2.45, 2.75) is 36.5 Å². The summed E-state index contributed by atoms with van der Waals surface area (Å²) in [6.45, 7) is 3.74. The molecule has 2 aliphatic heterocycles. The van der Waals surface area contributed by atoms with Gasteiger partial charge in [0.1, 0.15) is 4.21 Å². The molecule has 1 aromatic heterocycles. The monoisotopic (exact) mass is 462 g/mol. The molecule has 0 atom stereocenters. The van der Waals surface area contributed by atoms with Crippen LogP contribution in [0.2, 0.25) is 0 Å². The first kappa shape index (κ1) is 22.5. The molecule has 0 bridgehead atoms. The van der Waals surface area contributed by atoms with Crippen molar-refractivity contribution >= 4 is 27.3 Å². The number of carbonyl (C=O) groups is 1. The summed E-state index contributed by atoms with van der Waals surface area (Å²) in [5.41, 5.74) is 1.18. The van der Waals surface area contributed by atoms with Crippen LogP contribution in [0.15, 0.2) is 52.1 Å². The van der Waals surface area contributed by atoms with Gasteiger partial charge in [-0.2, -0.15) is 4.31 Å². The van der Waals surface area contributed by atoms with E-state index in [-0.39, 0.29) is 11.8 Å². The normalized spacial score (nSPS) is 19.5. The molecule has 6 nitrogen and oxygen atoms in total. The van der Waals surface area contributed by atoms with Gasteiger partial charge < -0.3 is 9.64 Å². The number of hydrogen-bond donors (Lipinski definition) is 0. The van der Waals surface area contributed by atoms with E-state index in [9.17, 15) is 13.2 Å². The summed E-state index contributed by atoms with van der Waals surface area (Å²) in [6.07, 6.45) is 3.13. The predicted molar refractivity (Wildman–Crippen MR) is 121 cm³/mol. The Morgan fingerprint density at radius 1 is 0.968 bits per heavy atom. The first-order chi connectivity index (χ1) is 15.0. The number of piperidine rings is 2. The summed E-state index contributed by atoms with van der Waals surface area (Å²) in [5, 5.41) is 1.78. The first-order valence-corrected chi connectivity index (χ1v) is 13.3. The van der Waals surface area contributed by atoms with Crippen molar-refractivity contribution in [2.24, 2.45) is 11.8 Å². The fourth-order valence-corrected chi connectivity index (χ4v) is 6.99. The SMILES string of the molecule is O=C(C1CCN(S(=O)(=O)c2cccs2)CC1)N1CCC(COCc2ccccc2)CC1. The van der Waals surface area contributed by atoms with Gasteiger partial charge in [0, 0.05) is 38.7 Å². The van der Waals surface area contributed by atoms with Crippen LogP contribution in [0.25, 0.3) is 0 Å². The standard InChI is InChI=1S/C23H30N2O4S2/c26-23(21-10-14-25(15-11-21)31(27,28)22-7-4-16-30-22)24-12-8-20(9-13-24)18-29-17-19-5-2-1-3-6-19/h1-7,16,20-21H,8-15,17-18H2. The van der Waals surface area contributed by atoms with Crippen LogP contribution in [0, 0.1) is 11.8 Å². The van der Waals surface area contributed by atoms with Gasteiger partial charge in [0.2, 0.25) is 5.91 Å². The molecule has 0 saturated carbocycles. The third-order valence-electron chi connectivity index (χ3n) is 6.28. The van der Waals surface area contributed by atoms with Gasteiger partial charge in [-0.3, -0.25) is 4.79 Å². The maximum Gasteiger partial charge on any atom is 0.252 e. The molecule has 4 rings (SSSR count). The van der Waals surface area contributed by atoms with Crippen LogP contribution in [-0.4, -0.2) is 56.3 Å². The minimum absolute atomic E-state index is 0.0688. The van der Waals surface area contributed by atoms with E-state index in [0.29, 0.717) is 42.7 Å². The van der Waals surface area contributed by atoms with Crippen molar-refractivity contribution in [3.8, 4) is 0 Å². The maximum absolute atomic E-state index is 13.0.